The molecule has 2 aromatic rings. The van der Waals surface area contributed by atoms with Crippen molar-refractivity contribution in [3.05, 3.63) is 62.7 Å². The van der Waals surface area contributed by atoms with Crippen LogP contribution in [-0.4, -0.2) is 13.7 Å². The molecule has 1 aliphatic rings. The topological polar surface area (TPSA) is 21.3 Å². The van der Waals surface area contributed by atoms with Crippen LogP contribution < -0.4 is 10.1 Å². The largest absolute Gasteiger partial charge is 0.493 e. The first kappa shape index (κ1) is 13.9. The van der Waals surface area contributed by atoms with Gasteiger partial charge in [-0.3, -0.25) is 0 Å². The van der Waals surface area contributed by atoms with Gasteiger partial charge in [0.05, 0.1) is 12.6 Å². The number of aryl methyl sites for hydroxylation is 1. The third kappa shape index (κ3) is 2.56. The average molecular weight is 379 g/mol. The van der Waals surface area contributed by atoms with E-state index >= 15 is 0 Å². The van der Waals surface area contributed by atoms with Crippen LogP contribution in [-0.2, 0) is 6.42 Å². The number of hydrogen-bond acceptors (Lipinski definition) is 2. The highest BCUT2D eigenvalue weighted by molar-refractivity contribution is 14.1. The van der Waals surface area contributed by atoms with Gasteiger partial charge >= 0.3 is 0 Å². The quantitative estimate of drug-likeness (QED) is 0.817. The molecule has 1 heterocycles. The van der Waals surface area contributed by atoms with Crippen LogP contribution in [0.3, 0.4) is 0 Å². The van der Waals surface area contributed by atoms with Crippen LogP contribution in [0.2, 0.25) is 0 Å². The third-order valence-electron chi connectivity index (χ3n) is 3.78. The lowest BCUT2D eigenvalue weighted by atomic mass is 9.94. The van der Waals surface area contributed by atoms with Crippen molar-refractivity contribution in [2.24, 2.45) is 0 Å². The van der Waals surface area contributed by atoms with E-state index in [2.05, 4.69) is 70.4 Å². The van der Waals surface area contributed by atoms with Crippen molar-refractivity contribution in [1.82, 2.24) is 5.32 Å². The molecule has 3 rings (SSSR count). The SMILES string of the molecule is CNC(c1ccccc1I)c1cccc2c1OCCC2. The standard InChI is InChI=1S/C17H18INO/c1-19-16(13-8-2-3-10-15(13)18)14-9-4-6-12-7-5-11-20-17(12)14/h2-4,6,8-10,16,19H,5,7,11H2,1H3. The average Bonchev–Trinajstić information content (AvgIpc) is 2.50. The van der Waals surface area contributed by atoms with Crippen LogP contribution in [0.25, 0.3) is 0 Å². The van der Waals surface area contributed by atoms with E-state index < -0.39 is 0 Å². The zero-order chi connectivity index (χ0) is 13.9. The number of benzene rings is 2. The number of nitrogens with one attached hydrogen (secondary N) is 1. The van der Waals surface area contributed by atoms with Crippen LogP contribution in [0.1, 0.15) is 29.2 Å². The summed E-state index contributed by atoms with van der Waals surface area (Å²) >= 11 is 2.40. The van der Waals surface area contributed by atoms with Crippen molar-refractivity contribution in [2.75, 3.05) is 13.7 Å². The summed E-state index contributed by atoms with van der Waals surface area (Å²) in [6.07, 6.45) is 2.23. The summed E-state index contributed by atoms with van der Waals surface area (Å²) in [6.45, 7) is 0.826. The molecule has 0 amide bonds. The van der Waals surface area contributed by atoms with Gasteiger partial charge in [0.25, 0.3) is 0 Å². The smallest absolute Gasteiger partial charge is 0.127 e. The van der Waals surface area contributed by atoms with Crippen molar-refractivity contribution in [3.8, 4) is 5.75 Å². The van der Waals surface area contributed by atoms with E-state index in [4.69, 9.17) is 4.74 Å². The van der Waals surface area contributed by atoms with Crippen LogP contribution in [0, 0.1) is 3.57 Å². The second-order valence-corrected chi connectivity index (χ2v) is 6.19. The highest BCUT2D eigenvalue weighted by Crippen LogP contribution is 2.36. The number of fused-ring (bicyclic) bond motifs is 1. The van der Waals surface area contributed by atoms with Gasteiger partial charge in [0, 0.05) is 9.13 Å². The monoisotopic (exact) mass is 379 g/mol. The second-order valence-electron chi connectivity index (χ2n) is 5.03. The Morgan fingerprint density at radius 3 is 2.70 bits per heavy atom. The first-order valence-corrected chi connectivity index (χ1v) is 8.05. The molecule has 0 spiro atoms. The molecule has 104 valence electrons. The molecular weight excluding hydrogens is 361 g/mol. The van der Waals surface area contributed by atoms with E-state index in [1.807, 2.05) is 7.05 Å². The Balaban J connectivity index is 2.09. The Kier molecular flexibility index (Phi) is 4.27. The fourth-order valence-corrected chi connectivity index (χ4v) is 3.53. The van der Waals surface area contributed by atoms with Gasteiger partial charge < -0.3 is 10.1 Å². The number of rotatable bonds is 3. The van der Waals surface area contributed by atoms with Gasteiger partial charge in [0.2, 0.25) is 0 Å². The Hall–Kier alpha value is -1.07. The molecule has 0 aliphatic carbocycles. The molecule has 1 N–H and O–H groups in total. The number of ether oxygens (including phenoxy) is 1. The van der Waals surface area contributed by atoms with Crippen molar-refractivity contribution in [3.63, 3.8) is 0 Å². The number of hydrogen-bond donors (Lipinski definition) is 1. The Bertz CT molecular complexity index is 612. The first-order chi connectivity index (χ1) is 9.81. The zero-order valence-electron chi connectivity index (χ0n) is 11.5. The Morgan fingerprint density at radius 2 is 1.90 bits per heavy atom. The lowest BCUT2D eigenvalue weighted by Gasteiger charge is -2.26. The van der Waals surface area contributed by atoms with Gasteiger partial charge in [-0.15, -0.1) is 0 Å². The van der Waals surface area contributed by atoms with Crippen molar-refractivity contribution in [2.45, 2.75) is 18.9 Å². The van der Waals surface area contributed by atoms with Crippen molar-refractivity contribution in [1.29, 1.82) is 0 Å². The van der Waals surface area contributed by atoms with Crippen LogP contribution >= 0.6 is 22.6 Å². The zero-order valence-corrected chi connectivity index (χ0v) is 13.7. The van der Waals surface area contributed by atoms with Gasteiger partial charge in [0.1, 0.15) is 5.75 Å². The van der Waals surface area contributed by atoms with Crippen LogP contribution in [0.5, 0.6) is 5.75 Å². The van der Waals surface area contributed by atoms with E-state index in [1.165, 1.54) is 20.3 Å². The Labute approximate surface area is 133 Å². The lowest BCUT2D eigenvalue weighted by Crippen LogP contribution is -2.21. The minimum atomic E-state index is 0.177. The summed E-state index contributed by atoms with van der Waals surface area (Å²) in [7, 11) is 2.01. The van der Waals surface area contributed by atoms with Crippen LogP contribution in [0.4, 0.5) is 0 Å². The fraction of sp³-hybridized carbons (Fsp3) is 0.294. The molecule has 2 aromatic carbocycles. The molecule has 0 radical (unpaired) electrons. The molecule has 1 aliphatic heterocycles. The predicted octanol–water partition coefficient (Wildman–Crippen LogP) is 3.93. The number of halogens is 1. The molecule has 0 bridgehead atoms. The summed E-state index contributed by atoms with van der Waals surface area (Å²) in [5.74, 6) is 1.08. The molecule has 0 fully saturated rings. The second kappa shape index (κ2) is 6.14. The molecule has 1 atom stereocenters. The minimum absolute atomic E-state index is 0.177. The maximum atomic E-state index is 5.96. The van der Waals surface area contributed by atoms with Gasteiger partial charge in [-0.25, -0.2) is 0 Å². The predicted molar refractivity (Wildman–Crippen MR) is 90.3 cm³/mol. The summed E-state index contributed by atoms with van der Waals surface area (Å²) in [5.41, 5.74) is 3.88. The molecular formula is C17H18INO. The van der Waals surface area contributed by atoms with E-state index in [1.54, 1.807) is 0 Å². The summed E-state index contributed by atoms with van der Waals surface area (Å²) in [4.78, 5) is 0. The van der Waals surface area contributed by atoms with Gasteiger partial charge in [-0.05, 0) is 59.7 Å². The van der Waals surface area contributed by atoms with Crippen molar-refractivity contribution < 1.29 is 4.74 Å². The highest BCUT2D eigenvalue weighted by atomic mass is 127. The molecule has 0 saturated heterocycles. The normalized spacial score (nSPS) is 15.3. The maximum Gasteiger partial charge on any atom is 0.127 e. The summed E-state index contributed by atoms with van der Waals surface area (Å²) in [6, 6.07) is 15.2. The molecule has 0 aromatic heterocycles. The first-order valence-electron chi connectivity index (χ1n) is 6.97. The van der Waals surface area contributed by atoms with E-state index in [0.717, 1.165) is 25.2 Å². The van der Waals surface area contributed by atoms with Gasteiger partial charge in [-0.1, -0.05) is 36.4 Å². The molecule has 3 heteroatoms. The van der Waals surface area contributed by atoms with E-state index in [-0.39, 0.29) is 6.04 Å². The molecule has 1 unspecified atom stereocenters. The summed E-state index contributed by atoms with van der Waals surface area (Å²) in [5, 5.41) is 3.44. The van der Waals surface area contributed by atoms with Gasteiger partial charge in [-0.2, -0.15) is 0 Å². The lowest BCUT2D eigenvalue weighted by molar-refractivity contribution is 0.283. The van der Waals surface area contributed by atoms with E-state index in [9.17, 15) is 0 Å². The van der Waals surface area contributed by atoms with E-state index in [0.29, 0.717) is 0 Å². The number of para-hydroxylation sites is 1. The van der Waals surface area contributed by atoms with Gasteiger partial charge in [0.15, 0.2) is 0 Å². The maximum absolute atomic E-state index is 5.96. The summed E-state index contributed by atoms with van der Waals surface area (Å²) < 4.78 is 7.23. The Morgan fingerprint density at radius 1 is 1.10 bits per heavy atom. The highest BCUT2D eigenvalue weighted by Gasteiger charge is 2.22. The van der Waals surface area contributed by atoms with Crippen LogP contribution in [0.15, 0.2) is 42.5 Å². The van der Waals surface area contributed by atoms with Crippen molar-refractivity contribution >= 4 is 22.6 Å². The molecule has 20 heavy (non-hydrogen) atoms. The molecule has 2 nitrogen and oxygen atoms in total. The molecule has 0 saturated carbocycles. The minimum Gasteiger partial charge on any atom is -0.493 e. The third-order valence-corrected chi connectivity index (χ3v) is 4.76. The fourth-order valence-electron chi connectivity index (χ4n) is 2.83.